The molecule has 3 aromatic rings. The standard InChI is InChI=1S/C24H30N4O3/c1-27-16-18(21-13-20(31-2)7-8-22(21)27)6-4-3-5-17-9-11-28(12-10-17)24-25-14-19(15-26-24)23(29)30/h7-8,13-17H,3-6,9-12H2,1-2H3,(H,29,30). The molecular formula is C24H30N4O3. The molecule has 1 aromatic carbocycles. The van der Waals surface area contributed by atoms with Crippen LogP contribution in [-0.2, 0) is 13.5 Å². The van der Waals surface area contributed by atoms with Crippen molar-refractivity contribution in [1.29, 1.82) is 0 Å². The Hall–Kier alpha value is -3.09. The smallest absolute Gasteiger partial charge is 0.338 e. The molecule has 7 nitrogen and oxygen atoms in total. The van der Waals surface area contributed by atoms with Gasteiger partial charge in [0.15, 0.2) is 0 Å². The minimum Gasteiger partial charge on any atom is -0.497 e. The fourth-order valence-electron chi connectivity index (χ4n) is 4.54. The van der Waals surface area contributed by atoms with Gasteiger partial charge in [0, 0.05) is 49.6 Å². The number of carbonyl (C=O) groups is 1. The highest BCUT2D eigenvalue weighted by Gasteiger charge is 2.21. The van der Waals surface area contributed by atoms with Crippen LogP contribution in [0.1, 0.15) is 48.0 Å². The zero-order valence-corrected chi connectivity index (χ0v) is 18.3. The summed E-state index contributed by atoms with van der Waals surface area (Å²) in [5, 5.41) is 10.3. The summed E-state index contributed by atoms with van der Waals surface area (Å²) in [5.41, 5.74) is 2.78. The van der Waals surface area contributed by atoms with Crippen LogP contribution in [0.5, 0.6) is 5.75 Å². The minimum atomic E-state index is -0.993. The third-order valence-electron chi connectivity index (χ3n) is 6.37. The Balaban J connectivity index is 1.23. The molecular weight excluding hydrogens is 392 g/mol. The van der Waals surface area contributed by atoms with Crippen molar-refractivity contribution in [2.24, 2.45) is 13.0 Å². The summed E-state index contributed by atoms with van der Waals surface area (Å²) in [4.78, 5) is 21.5. The first kappa shape index (κ1) is 21.2. The van der Waals surface area contributed by atoms with Crippen LogP contribution in [0.15, 0.2) is 36.8 Å². The molecule has 1 fully saturated rings. The number of aryl methyl sites for hydroxylation is 2. The zero-order chi connectivity index (χ0) is 21.8. The summed E-state index contributed by atoms with van der Waals surface area (Å²) in [6.45, 7) is 1.86. The molecule has 0 spiro atoms. The molecule has 0 bridgehead atoms. The van der Waals surface area contributed by atoms with Gasteiger partial charge in [0.25, 0.3) is 0 Å². The SMILES string of the molecule is COc1ccc2c(c1)c(CCCCC1CCN(c3ncc(C(=O)O)cn3)CC1)cn2C. The largest absolute Gasteiger partial charge is 0.497 e. The summed E-state index contributed by atoms with van der Waals surface area (Å²) < 4.78 is 7.60. The van der Waals surface area contributed by atoms with E-state index in [4.69, 9.17) is 9.84 Å². The molecule has 0 atom stereocenters. The van der Waals surface area contributed by atoms with E-state index in [1.54, 1.807) is 7.11 Å². The van der Waals surface area contributed by atoms with Crippen molar-refractivity contribution in [1.82, 2.24) is 14.5 Å². The Kier molecular flexibility index (Phi) is 6.39. The number of aromatic carboxylic acids is 1. The molecule has 0 unspecified atom stereocenters. The van der Waals surface area contributed by atoms with Crippen LogP contribution in [0, 0.1) is 5.92 Å². The molecule has 164 valence electrons. The van der Waals surface area contributed by atoms with E-state index in [1.807, 2.05) is 6.07 Å². The third kappa shape index (κ3) is 4.81. The lowest BCUT2D eigenvalue weighted by Gasteiger charge is -2.32. The number of unbranched alkanes of at least 4 members (excludes halogenated alkanes) is 1. The summed E-state index contributed by atoms with van der Waals surface area (Å²) in [6, 6.07) is 6.29. The van der Waals surface area contributed by atoms with Crippen molar-refractivity contribution in [2.45, 2.75) is 38.5 Å². The average Bonchev–Trinajstić information content (AvgIpc) is 3.12. The molecule has 0 saturated carbocycles. The van der Waals surface area contributed by atoms with Gasteiger partial charge in [-0.25, -0.2) is 14.8 Å². The van der Waals surface area contributed by atoms with Gasteiger partial charge in [-0.2, -0.15) is 0 Å². The Morgan fingerprint density at radius 2 is 1.94 bits per heavy atom. The second-order valence-electron chi connectivity index (χ2n) is 8.40. The van der Waals surface area contributed by atoms with Crippen LogP contribution in [0.2, 0.25) is 0 Å². The van der Waals surface area contributed by atoms with Crippen molar-refractivity contribution in [3.63, 3.8) is 0 Å². The van der Waals surface area contributed by atoms with Crippen LogP contribution >= 0.6 is 0 Å². The predicted molar refractivity (Wildman–Crippen MR) is 121 cm³/mol. The van der Waals surface area contributed by atoms with E-state index < -0.39 is 5.97 Å². The number of rotatable bonds is 8. The van der Waals surface area contributed by atoms with E-state index in [0.29, 0.717) is 5.95 Å². The molecule has 0 amide bonds. The summed E-state index contributed by atoms with van der Waals surface area (Å²) in [6.07, 6.45) is 12.1. The van der Waals surface area contributed by atoms with Crippen molar-refractivity contribution < 1.29 is 14.6 Å². The van der Waals surface area contributed by atoms with Gasteiger partial charge in [0.2, 0.25) is 5.95 Å². The van der Waals surface area contributed by atoms with E-state index in [1.165, 1.54) is 48.1 Å². The molecule has 7 heteroatoms. The molecule has 0 radical (unpaired) electrons. The predicted octanol–water partition coefficient (Wildman–Crippen LogP) is 4.30. The molecule has 4 rings (SSSR count). The molecule has 1 aliphatic heterocycles. The summed E-state index contributed by atoms with van der Waals surface area (Å²) in [7, 11) is 3.82. The summed E-state index contributed by atoms with van der Waals surface area (Å²) >= 11 is 0. The zero-order valence-electron chi connectivity index (χ0n) is 18.3. The number of anilines is 1. The Morgan fingerprint density at radius 3 is 2.61 bits per heavy atom. The average molecular weight is 423 g/mol. The molecule has 1 aliphatic rings. The van der Waals surface area contributed by atoms with Gasteiger partial charge in [-0.15, -0.1) is 0 Å². The van der Waals surface area contributed by atoms with E-state index >= 15 is 0 Å². The second-order valence-corrected chi connectivity index (χ2v) is 8.40. The van der Waals surface area contributed by atoms with Gasteiger partial charge in [-0.3, -0.25) is 0 Å². The highest BCUT2D eigenvalue weighted by Crippen LogP contribution is 2.28. The Labute approximate surface area is 182 Å². The normalized spacial score (nSPS) is 14.8. The quantitative estimate of drug-likeness (QED) is 0.545. The first-order chi connectivity index (χ1) is 15.0. The first-order valence-electron chi connectivity index (χ1n) is 11.0. The second kappa shape index (κ2) is 9.37. The number of carboxylic acid groups (broad SMARTS) is 1. The van der Waals surface area contributed by atoms with Gasteiger partial charge in [-0.1, -0.05) is 12.8 Å². The maximum absolute atomic E-state index is 10.9. The number of hydrogen-bond donors (Lipinski definition) is 1. The topological polar surface area (TPSA) is 80.5 Å². The van der Waals surface area contributed by atoms with Crippen molar-refractivity contribution in [2.75, 3.05) is 25.1 Å². The first-order valence-corrected chi connectivity index (χ1v) is 11.0. The Bertz CT molecular complexity index is 1040. The van der Waals surface area contributed by atoms with Gasteiger partial charge in [-0.05, 0) is 55.4 Å². The van der Waals surface area contributed by atoms with Crippen LogP contribution in [0.25, 0.3) is 10.9 Å². The number of piperidine rings is 1. The monoisotopic (exact) mass is 422 g/mol. The van der Waals surface area contributed by atoms with Crippen molar-refractivity contribution in [3.05, 3.63) is 47.9 Å². The third-order valence-corrected chi connectivity index (χ3v) is 6.37. The van der Waals surface area contributed by atoms with Gasteiger partial charge < -0.3 is 19.3 Å². The van der Waals surface area contributed by atoms with E-state index in [9.17, 15) is 4.79 Å². The van der Waals surface area contributed by atoms with Crippen LogP contribution in [0.4, 0.5) is 5.95 Å². The highest BCUT2D eigenvalue weighted by atomic mass is 16.5. The molecule has 0 aliphatic carbocycles. The van der Waals surface area contributed by atoms with Crippen LogP contribution in [0.3, 0.4) is 0 Å². The lowest BCUT2D eigenvalue weighted by Crippen LogP contribution is -2.34. The maximum atomic E-state index is 10.9. The number of benzene rings is 1. The van der Waals surface area contributed by atoms with Gasteiger partial charge in [0.1, 0.15) is 5.75 Å². The number of carboxylic acids is 1. The van der Waals surface area contributed by atoms with Gasteiger partial charge in [0.05, 0.1) is 12.7 Å². The Morgan fingerprint density at radius 1 is 1.19 bits per heavy atom. The minimum absolute atomic E-state index is 0.128. The van der Waals surface area contributed by atoms with Crippen LogP contribution in [-0.4, -0.2) is 45.8 Å². The molecule has 3 heterocycles. The molecule has 2 aromatic heterocycles. The number of nitrogens with zero attached hydrogens (tertiary/aromatic N) is 4. The van der Waals surface area contributed by atoms with Crippen molar-refractivity contribution >= 4 is 22.8 Å². The fourth-order valence-corrected chi connectivity index (χ4v) is 4.54. The van der Waals surface area contributed by atoms with E-state index in [2.05, 4.69) is 44.8 Å². The lowest BCUT2D eigenvalue weighted by atomic mass is 9.91. The number of fused-ring (bicyclic) bond motifs is 1. The van der Waals surface area contributed by atoms with Crippen LogP contribution < -0.4 is 9.64 Å². The van der Waals surface area contributed by atoms with Crippen molar-refractivity contribution in [3.8, 4) is 5.75 Å². The summed E-state index contributed by atoms with van der Waals surface area (Å²) in [5.74, 6) is 1.29. The number of methoxy groups -OCH3 is 1. The lowest BCUT2D eigenvalue weighted by molar-refractivity contribution is 0.0696. The molecule has 1 saturated heterocycles. The molecule has 1 N–H and O–H groups in total. The van der Waals surface area contributed by atoms with E-state index in [0.717, 1.165) is 44.0 Å². The number of aromatic nitrogens is 3. The number of hydrogen-bond acceptors (Lipinski definition) is 5. The fraction of sp³-hybridized carbons (Fsp3) is 0.458. The van der Waals surface area contributed by atoms with E-state index in [-0.39, 0.29) is 5.56 Å². The maximum Gasteiger partial charge on any atom is 0.338 e. The highest BCUT2D eigenvalue weighted by molar-refractivity contribution is 5.87. The van der Waals surface area contributed by atoms with Gasteiger partial charge >= 0.3 is 5.97 Å². The molecule has 31 heavy (non-hydrogen) atoms. The number of ether oxygens (including phenoxy) is 1.